The van der Waals surface area contributed by atoms with E-state index < -0.39 is 11.8 Å². The van der Waals surface area contributed by atoms with Crippen molar-refractivity contribution < 1.29 is 9.59 Å². The van der Waals surface area contributed by atoms with Gasteiger partial charge in [-0.05, 0) is 48.0 Å². The van der Waals surface area contributed by atoms with E-state index in [9.17, 15) is 9.59 Å². The van der Waals surface area contributed by atoms with Crippen LogP contribution in [0.1, 0.15) is 15.9 Å². The first-order valence-electron chi connectivity index (χ1n) is 6.34. The number of amides is 2. The first-order valence-corrected chi connectivity index (χ1v) is 7.51. The molecule has 112 valence electrons. The second kappa shape index (κ2) is 7.77. The summed E-state index contributed by atoms with van der Waals surface area (Å²) in [4.78, 5) is 23.4. The van der Waals surface area contributed by atoms with Crippen LogP contribution < -0.4 is 10.9 Å². The number of rotatable bonds is 3. The highest BCUT2D eigenvalue weighted by atomic mass is 79.9. The van der Waals surface area contributed by atoms with Gasteiger partial charge in [0.25, 0.3) is 11.8 Å². The number of carbonyl (C=O) groups excluding carboxylic acids is 2. The van der Waals surface area contributed by atoms with Crippen LogP contribution >= 0.6 is 27.5 Å². The highest BCUT2D eigenvalue weighted by Gasteiger charge is 2.05. The molecule has 0 heterocycles. The van der Waals surface area contributed by atoms with Crippen LogP contribution in [0.5, 0.6) is 0 Å². The van der Waals surface area contributed by atoms with Gasteiger partial charge in [-0.1, -0.05) is 39.7 Å². The Morgan fingerprint density at radius 2 is 1.77 bits per heavy atom. The van der Waals surface area contributed by atoms with Crippen LogP contribution in [-0.4, -0.2) is 11.8 Å². The topological polar surface area (TPSA) is 58.2 Å². The first-order chi connectivity index (χ1) is 10.5. The fraction of sp³-hybridized carbons (Fsp3) is 0. The first kappa shape index (κ1) is 16.3. The Hall–Kier alpha value is -2.11. The molecular weight excluding hydrogens is 368 g/mol. The number of hydrazine groups is 1. The number of hydrogen-bond donors (Lipinski definition) is 2. The smallest absolute Gasteiger partial charge is 0.268 e. The van der Waals surface area contributed by atoms with Crippen molar-refractivity contribution in [3.05, 3.63) is 75.2 Å². The predicted octanol–water partition coefficient (Wildman–Crippen LogP) is 3.58. The van der Waals surface area contributed by atoms with Gasteiger partial charge in [0.05, 0.1) is 0 Å². The lowest BCUT2D eigenvalue weighted by molar-refractivity contribution is -0.117. The predicted molar refractivity (Wildman–Crippen MR) is 90.2 cm³/mol. The molecule has 2 amide bonds. The Morgan fingerprint density at radius 3 is 2.45 bits per heavy atom. The molecule has 0 aromatic heterocycles. The molecule has 0 aliphatic heterocycles. The van der Waals surface area contributed by atoms with E-state index in [2.05, 4.69) is 26.8 Å². The third kappa shape index (κ3) is 5.02. The second-order valence-electron chi connectivity index (χ2n) is 4.34. The van der Waals surface area contributed by atoms with Crippen LogP contribution in [0.4, 0.5) is 0 Å². The average Bonchev–Trinajstić information content (AvgIpc) is 2.51. The highest BCUT2D eigenvalue weighted by molar-refractivity contribution is 9.10. The third-order valence-electron chi connectivity index (χ3n) is 2.68. The quantitative estimate of drug-likeness (QED) is 0.632. The second-order valence-corrected chi connectivity index (χ2v) is 5.69. The molecule has 0 fully saturated rings. The lowest BCUT2D eigenvalue weighted by atomic mass is 10.2. The summed E-state index contributed by atoms with van der Waals surface area (Å²) < 4.78 is 0.922. The van der Waals surface area contributed by atoms with Crippen LogP contribution in [-0.2, 0) is 4.79 Å². The van der Waals surface area contributed by atoms with E-state index in [0.717, 1.165) is 10.0 Å². The Kier molecular flexibility index (Phi) is 5.75. The van der Waals surface area contributed by atoms with Crippen LogP contribution in [0.3, 0.4) is 0 Å². The summed E-state index contributed by atoms with van der Waals surface area (Å²) >= 11 is 9.09. The van der Waals surface area contributed by atoms with Crippen molar-refractivity contribution in [3.8, 4) is 0 Å². The fourth-order valence-corrected chi connectivity index (χ4v) is 2.16. The summed E-state index contributed by atoms with van der Waals surface area (Å²) in [5, 5.41) is 0.539. The van der Waals surface area contributed by atoms with E-state index in [1.54, 1.807) is 30.3 Å². The van der Waals surface area contributed by atoms with Gasteiger partial charge in [0.1, 0.15) is 0 Å². The van der Waals surface area contributed by atoms with E-state index in [1.807, 2.05) is 24.3 Å². The number of halogens is 2. The van der Waals surface area contributed by atoms with E-state index in [0.29, 0.717) is 10.6 Å². The number of hydrogen-bond acceptors (Lipinski definition) is 2. The molecule has 2 N–H and O–H groups in total. The van der Waals surface area contributed by atoms with Crippen LogP contribution in [0.25, 0.3) is 6.08 Å². The van der Waals surface area contributed by atoms with Gasteiger partial charge in [-0.25, -0.2) is 0 Å². The van der Waals surface area contributed by atoms with Gasteiger partial charge in [0.2, 0.25) is 0 Å². The van der Waals surface area contributed by atoms with Gasteiger partial charge < -0.3 is 0 Å². The van der Waals surface area contributed by atoms with E-state index >= 15 is 0 Å². The Bertz CT molecular complexity index is 714. The SMILES string of the molecule is O=C(/C=C/c1cccc(Br)c1)NNC(=O)c1ccc(Cl)cc1. The number of carbonyl (C=O) groups is 2. The maximum Gasteiger partial charge on any atom is 0.269 e. The molecular formula is C16H12BrClN2O2. The zero-order valence-electron chi connectivity index (χ0n) is 11.3. The van der Waals surface area contributed by atoms with Gasteiger partial charge in [0.15, 0.2) is 0 Å². The van der Waals surface area contributed by atoms with E-state index in [1.165, 1.54) is 6.08 Å². The largest absolute Gasteiger partial charge is 0.269 e. The molecule has 0 unspecified atom stereocenters. The summed E-state index contributed by atoms with van der Waals surface area (Å²) in [5.41, 5.74) is 5.91. The maximum absolute atomic E-state index is 11.8. The van der Waals surface area contributed by atoms with Gasteiger partial charge in [-0.3, -0.25) is 20.4 Å². The molecule has 0 aliphatic carbocycles. The molecule has 0 bridgehead atoms. The lowest BCUT2D eigenvalue weighted by Gasteiger charge is -2.05. The zero-order valence-corrected chi connectivity index (χ0v) is 13.7. The number of benzene rings is 2. The average molecular weight is 380 g/mol. The summed E-state index contributed by atoms with van der Waals surface area (Å²) in [6.45, 7) is 0. The molecule has 4 nitrogen and oxygen atoms in total. The Balaban J connectivity index is 1.87. The van der Waals surface area contributed by atoms with Gasteiger partial charge in [0, 0.05) is 21.1 Å². The molecule has 0 atom stereocenters. The van der Waals surface area contributed by atoms with E-state index in [4.69, 9.17) is 11.6 Å². The molecule has 6 heteroatoms. The summed E-state index contributed by atoms with van der Waals surface area (Å²) in [6, 6.07) is 13.8. The van der Waals surface area contributed by atoms with Crippen molar-refractivity contribution in [2.24, 2.45) is 0 Å². The molecule has 22 heavy (non-hydrogen) atoms. The monoisotopic (exact) mass is 378 g/mol. The van der Waals surface area contributed by atoms with Crippen LogP contribution in [0.2, 0.25) is 5.02 Å². The minimum Gasteiger partial charge on any atom is -0.268 e. The van der Waals surface area contributed by atoms with Crippen LogP contribution in [0, 0.1) is 0 Å². The number of nitrogens with one attached hydrogen (secondary N) is 2. The summed E-state index contributed by atoms with van der Waals surface area (Å²) in [7, 11) is 0. The summed E-state index contributed by atoms with van der Waals surface area (Å²) in [5.74, 6) is -0.844. The van der Waals surface area contributed by atoms with Crippen molar-refractivity contribution in [1.29, 1.82) is 0 Å². The molecule has 0 spiro atoms. The molecule has 0 radical (unpaired) electrons. The highest BCUT2D eigenvalue weighted by Crippen LogP contribution is 2.12. The van der Waals surface area contributed by atoms with Gasteiger partial charge >= 0.3 is 0 Å². The standard InChI is InChI=1S/C16H12BrClN2O2/c17-13-3-1-2-11(10-13)4-9-15(21)19-20-16(22)12-5-7-14(18)8-6-12/h1-10H,(H,19,21)(H,20,22)/b9-4+. The van der Waals surface area contributed by atoms with Gasteiger partial charge in [-0.15, -0.1) is 0 Å². The lowest BCUT2D eigenvalue weighted by Crippen LogP contribution is -2.40. The minimum atomic E-state index is -0.428. The van der Waals surface area contributed by atoms with Crippen molar-refractivity contribution in [2.45, 2.75) is 0 Å². The van der Waals surface area contributed by atoms with Crippen molar-refractivity contribution in [2.75, 3.05) is 0 Å². The minimum absolute atomic E-state index is 0.403. The fourth-order valence-electron chi connectivity index (χ4n) is 1.62. The molecule has 2 aromatic carbocycles. The molecule has 0 saturated carbocycles. The Morgan fingerprint density at radius 1 is 1.05 bits per heavy atom. The Labute approximate surface area is 141 Å². The van der Waals surface area contributed by atoms with Crippen LogP contribution in [0.15, 0.2) is 59.1 Å². The van der Waals surface area contributed by atoms with Crippen molar-refractivity contribution in [3.63, 3.8) is 0 Å². The normalized spacial score (nSPS) is 10.5. The third-order valence-corrected chi connectivity index (χ3v) is 3.43. The zero-order chi connectivity index (χ0) is 15.9. The van der Waals surface area contributed by atoms with Gasteiger partial charge in [-0.2, -0.15) is 0 Å². The molecule has 0 saturated heterocycles. The maximum atomic E-state index is 11.8. The summed E-state index contributed by atoms with van der Waals surface area (Å²) in [6.07, 6.45) is 2.98. The van der Waals surface area contributed by atoms with E-state index in [-0.39, 0.29) is 0 Å². The molecule has 0 aliphatic rings. The van der Waals surface area contributed by atoms with Crippen molar-refractivity contribution in [1.82, 2.24) is 10.9 Å². The van der Waals surface area contributed by atoms with Crippen molar-refractivity contribution >= 4 is 45.4 Å². The molecule has 2 rings (SSSR count). The molecule has 2 aromatic rings.